The van der Waals surface area contributed by atoms with Gasteiger partial charge in [-0.1, -0.05) is 0 Å². The minimum absolute atomic E-state index is 0.333. The summed E-state index contributed by atoms with van der Waals surface area (Å²) in [5, 5.41) is 9.96. The number of thiocyanates is 1. The Morgan fingerprint density at radius 1 is 1.50 bits per heavy atom. The summed E-state index contributed by atoms with van der Waals surface area (Å²) in [4.78, 5) is 0. The molecule has 44 valence electrons. The summed E-state index contributed by atoms with van der Waals surface area (Å²) in [5.74, 6) is 0. The Morgan fingerprint density at radius 3 is 2.62 bits per heavy atom. The maximum Gasteiger partial charge on any atom is 0.221 e. The Balaban J connectivity index is 2.17. The highest BCUT2D eigenvalue weighted by atomic mass is 32.2. The van der Waals surface area contributed by atoms with Gasteiger partial charge in [0.05, 0.1) is 13.2 Å². The zero-order valence-corrected chi connectivity index (χ0v) is 4.98. The van der Waals surface area contributed by atoms with Crippen molar-refractivity contribution in [2.75, 3.05) is 13.2 Å². The average Bonchev–Trinajstić information content (AvgIpc) is 2.19. The van der Waals surface area contributed by atoms with Crippen molar-refractivity contribution in [3.8, 4) is 5.40 Å². The molecular weight excluding hydrogens is 126 g/mol. The van der Waals surface area contributed by atoms with E-state index in [0.29, 0.717) is 13.2 Å². The van der Waals surface area contributed by atoms with Crippen LogP contribution in [-0.4, -0.2) is 18.8 Å². The molecule has 4 heteroatoms. The summed E-state index contributed by atoms with van der Waals surface area (Å²) in [6.07, 6.45) is 0. The van der Waals surface area contributed by atoms with E-state index in [1.807, 2.05) is 5.40 Å². The van der Waals surface area contributed by atoms with Gasteiger partial charge in [0.15, 0.2) is 0 Å². The highest BCUT2D eigenvalue weighted by molar-refractivity contribution is 8.04. The molecule has 1 fully saturated rings. The summed E-state index contributed by atoms with van der Waals surface area (Å²) in [5.41, 5.74) is -0.333. The normalized spacial score (nSPS) is 20.9. The van der Waals surface area contributed by atoms with Gasteiger partial charge in [-0.2, -0.15) is 5.26 Å². The number of nitriles is 1. The molecule has 0 saturated carbocycles. The summed E-state index contributed by atoms with van der Waals surface area (Å²) >= 11 is 1.000. The number of nitrogens with zero attached hydrogens (tertiary/aromatic N) is 1. The molecule has 1 heterocycles. The largest absolute Gasteiger partial charge is 0.340 e. The quantitative estimate of drug-likeness (QED) is 0.487. The number of hydrogen-bond acceptors (Lipinski definition) is 4. The van der Waals surface area contributed by atoms with Crippen LogP contribution in [0.4, 0.5) is 0 Å². The predicted molar refractivity (Wildman–Crippen MR) is 28.9 cm³/mol. The van der Waals surface area contributed by atoms with E-state index in [2.05, 4.69) is 0 Å². The van der Waals surface area contributed by atoms with Gasteiger partial charge >= 0.3 is 0 Å². The highest BCUT2D eigenvalue weighted by Crippen LogP contribution is 2.15. The Kier molecular flexibility index (Phi) is 2.15. The fourth-order valence-electron chi connectivity index (χ4n) is 0.448. The standard InChI is InChI=1S/C4H5NO2S/c5-3-8-4-6-1-2-7-4/h4H,1-2H2. The van der Waals surface area contributed by atoms with Crippen molar-refractivity contribution in [2.45, 2.75) is 5.62 Å². The number of rotatable bonds is 1. The van der Waals surface area contributed by atoms with E-state index >= 15 is 0 Å². The van der Waals surface area contributed by atoms with Gasteiger partial charge in [-0.15, -0.1) is 0 Å². The molecule has 0 atom stereocenters. The van der Waals surface area contributed by atoms with E-state index < -0.39 is 0 Å². The Morgan fingerprint density at radius 2 is 2.12 bits per heavy atom. The molecule has 8 heavy (non-hydrogen) atoms. The highest BCUT2D eigenvalue weighted by Gasteiger charge is 2.15. The van der Waals surface area contributed by atoms with Crippen LogP contribution >= 0.6 is 11.8 Å². The second kappa shape index (κ2) is 2.92. The summed E-state index contributed by atoms with van der Waals surface area (Å²) < 4.78 is 9.82. The lowest BCUT2D eigenvalue weighted by molar-refractivity contribution is 0.0353. The number of thioether (sulfide) groups is 1. The van der Waals surface area contributed by atoms with Gasteiger partial charge in [0, 0.05) is 11.8 Å². The third-order valence-corrected chi connectivity index (χ3v) is 1.31. The molecule has 1 rings (SSSR count). The van der Waals surface area contributed by atoms with E-state index in [1.165, 1.54) is 0 Å². The lowest BCUT2D eigenvalue weighted by atomic mass is 10.8. The first-order valence-corrected chi connectivity index (χ1v) is 3.09. The summed E-state index contributed by atoms with van der Waals surface area (Å²) in [6.45, 7) is 1.22. The maximum atomic E-state index is 8.08. The van der Waals surface area contributed by atoms with E-state index in [4.69, 9.17) is 14.7 Å². The van der Waals surface area contributed by atoms with Crippen LogP contribution in [0.15, 0.2) is 0 Å². The number of hydrogen-bond donors (Lipinski definition) is 0. The molecular formula is C4H5NO2S. The van der Waals surface area contributed by atoms with Crippen molar-refractivity contribution < 1.29 is 9.47 Å². The fraction of sp³-hybridized carbons (Fsp3) is 0.750. The molecule has 0 radical (unpaired) electrons. The number of ether oxygens (including phenoxy) is 2. The van der Waals surface area contributed by atoms with Crippen LogP contribution in [-0.2, 0) is 9.47 Å². The predicted octanol–water partition coefficient (Wildman–Crippen LogP) is 0.531. The zero-order valence-electron chi connectivity index (χ0n) is 4.16. The van der Waals surface area contributed by atoms with Gasteiger partial charge in [0.1, 0.15) is 5.40 Å². The van der Waals surface area contributed by atoms with Crippen molar-refractivity contribution in [2.24, 2.45) is 0 Å². The molecule has 0 spiro atoms. The molecule has 3 nitrogen and oxygen atoms in total. The molecule has 1 aliphatic heterocycles. The van der Waals surface area contributed by atoms with Crippen molar-refractivity contribution in [3.05, 3.63) is 0 Å². The first-order valence-electron chi connectivity index (χ1n) is 2.21. The molecule has 0 bridgehead atoms. The Hall–Kier alpha value is -0.240. The van der Waals surface area contributed by atoms with Crippen LogP contribution < -0.4 is 0 Å². The smallest absolute Gasteiger partial charge is 0.221 e. The Bertz CT molecular complexity index is 105. The topological polar surface area (TPSA) is 42.2 Å². The van der Waals surface area contributed by atoms with Crippen molar-refractivity contribution in [3.63, 3.8) is 0 Å². The van der Waals surface area contributed by atoms with E-state index in [0.717, 1.165) is 11.8 Å². The van der Waals surface area contributed by atoms with Crippen LogP contribution in [0.3, 0.4) is 0 Å². The van der Waals surface area contributed by atoms with E-state index in [9.17, 15) is 0 Å². The second-order valence-corrected chi connectivity index (χ2v) is 2.04. The third kappa shape index (κ3) is 1.37. The monoisotopic (exact) mass is 131 g/mol. The molecule has 0 aromatic rings. The zero-order chi connectivity index (χ0) is 5.82. The van der Waals surface area contributed by atoms with Crippen LogP contribution in [0, 0.1) is 10.7 Å². The minimum Gasteiger partial charge on any atom is -0.340 e. The lowest BCUT2D eigenvalue weighted by Crippen LogP contribution is -1.98. The average molecular weight is 131 g/mol. The first-order chi connectivity index (χ1) is 3.93. The van der Waals surface area contributed by atoms with Crippen molar-refractivity contribution >= 4 is 11.8 Å². The van der Waals surface area contributed by atoms with Crippen LogP contribution in [0.2, 0.25) is 0 Å². The van der Waals surface area contributed by atoms with Gasteiger partial charge in [-0.25, -0.2) is 0 Å². The van der Waals surface area contributed by atoms with Crippen molar-refractivity contribution in [1.29, 1.82) is 5.26 Å². The molecule has 0 aliphatic carbocycles. The SMILES string of the molecule is N#CSC1OCCO1. The van der Waals surface area contributed by atoms with Gasteiger partial charge in [-0.05, 0) is 0 Å². The summed E-state index contributed by atoms with van der Waals surface area (Å²) in [7, 11) is 0. The van der Waals surface area contributed by atoms with Crippen molar-refractivity contribution in [1.82, 2.24) is 0 Å². The minimum atomic E-state index is -0.333. The second-order valence-electron chi connectivity index (χ2n) is 1.24. The molecule has 0 aromatic carbocycles. The molecule has 0 N–H and O–H groups in total. The van der Waals surface area contributed by atoms with Crippen LogP contribution in [0.1, 0.15) is 0 Å². The molecule has 0 amide bonds. The first kappa shape index (κ1) is 5.89. The van der Waals surface area contributed by atoms with Gasteiger partial charge in [-0.3, -0.25) is 0 Å². The lowest BCUT2D eigenvalue weighted by Gasteiger charge is -1.98. The molecule has 1 aliphatic rings. The molecule has 0 unspecified atom stereocenters. The van der Waals surface area contributed by atoms with Crippen LogP contribution in [0.5, 0.6) is 0 Å². The fourth-order valence-corrected chi connectivity index (χ4v) is 0.862. The third-order valence-electron chi connectivity index (χ3n) is 0.740. The Labute approximate surface area is 51.6 Å². The summed E-state index contributed by atoms with van der Waals surface area (Å²) in [6, 6.07) is 0. The van der Waals surface area contributed by atoms with Gasteiger partial charge < -0.3 is 9.47 Å². The molecule has 1 saturated heterocycles. The van der Waals surface area contributed by atoms with Gasteiger partial charge in [0.2, 0.25) is 5.62 Å². The van der Waals surface area contributed by atoms with E-state index in [-0.39, 0.29) is 5.62 Å². The van der Waals surface area contributed by atoms with E-state index in [1.54, 1.807) is 0 Å². The van der Waals surface area contributed by atoms with Crippen LogP contribution in [0.25, 0.3) is 0 Å². The van der Waals surface area contributed by atoms with Gasteiger partial charge in [0.25, 0.3) is 0 Å². The molecule has 0 aromatic heterocycles. The maximum absolute atomic E-state index is 8.08.